The molecule has 0 spiro atoms. The van der Waals surface area contributed by atoms with Gasteiger partial charge in [0.25, 0.3) is 0 Å². The maximum absolute atomic E-state index is 2.37. The second-order valence-corrected chi connectivity index (χ2v) is 4.99. The van der Waals surface area contributed by atoms with Crippen LogP contribution in [0.3, 0.4) is 0 Å². The summed E-state index contributed by atoms with van der Waals surface area (Å²) in [4.78, 5) is 0. The Kier molecular flexibility index (Phi) is 8.82. The number of fused-ring (bicyclic) bond motifs is 1. The largest absolute Gasteiger partial charge is 1.00 e. The van der Waals surface area contributed by atoms with Crippen molar-refractivity contribution >= 4 is 6.08 Å². The molecule has 1 aliphatic rings. The van der Waals surface area contributed by atoms with Crippen molar-refractivity contribution < 1.29 is 38.8 Å². The summed E-state index contributed by atoms with van der Waals surface area (Å²) in [6.07, 6.45) is 4.96. The van der Waals surface area contributed by atoms with E-state index in [1.807, 2.05) is 0 Å². The average Bonchev–Trinajstić information content (AvgIpc) is 2.44. The standard InChI is InChI=1S/C12H13.3FH.Zr/c1-2-5-10-8-9-11-6-3-4-7-12(10)11;;;;/h3-4,6-7,9-10H,2,5H2,1H3;3*1H;/q;;;;+3/p-3. The molecule has 0 heterocycles. The summed E-state index contributed by atoms with van der Waals surface area (Å²) < 4.78 is 1.62. The van der Waals surface area contributed by atoms with Crippen molar-refractivity contribution in [3.63, 3.8) is 0 Å². The van der Waals surface area contributed by atoms with Crippen molar-refractivity contribution in [3.05, 3.63) is 38.7 Å². The van der Waals surface area contributed by atoms with Crippen LogP contribution in [-0.2, 0) is 24.7 Å². The van der Waals surface area contributed by atoms with Gasteiger partial charge in [-0.25, -0.2) is 0 Å². The normalized spacial score (nSPS) is 16.2. The number of rotatable bonds is 2. The van der Waals surface area contributed by atoms with Gasteiger partial charge in [0, 0.05) is 0 Å². The molecule has 0 nitrogen and oxygen atoms in total. The van der Waals surface area contributed by atoms with E-state index in [1.54, 1.807) is 33.6 Å². The number of hydrogen-bond acceptors (Lipinski definition) is 0. The third-order valence-electron chi connectivity index (χ3n) is 2.64. The molecule has 0 saturated carbocycles. The molecule has 4 heteroatoms. The SMILES string of the molecule is CCCC1[C]([Zr+3])=Cc2ccccc21.[F-].[F-].[F-]. The van der Waals surface area contributed by atoms with E-state index in [0.717, 1.165) is 5.92 Å². The third kappa shape index (κ3) is 3.31. The van der Waals surface area contributed by atoms with Gasteiger partial charge in [-0.05, 0) is 0 Å². The van der Waals surface area contributed by atoms with Gasteiger partial charge in [0.15, 0.2) is 0 Å². The first kappa shape index (κ1) is 18.0. The van der Waals surface area contributed by atoms with E-state index in [1.165, 1.54) is 18.4 Å². The first-order chi connectivity index (χ1) is 6.33. The quantitative estimate of drug-likeness (QED) is 0.511. The van der Waals surface area contributed by atoms with Gasteiger partial charge in [-0.1, -0.05) is 0 Å². The molecule has 0 bridgehead atoms. The fourth-order valence-electron chi connectivity index (χ4n) is 2.00. The molecule has 1 unspecified atom stereocenters. The third-order valence-corrected chi connectivity index (χ3v) is 3.85. The zero-order chi connectivity index (χ0) is 9.26. The van der Waals surface area contributed by atoms with Crippen molar-refractivity contribution in [3.8, 4) is 0 Å². The van der Waals surface area contributed by atoms with E-state index in [-0.39, 0.29) is 14.1 Å². The van der Waals surface area contributed by atoms with E-state index in [0.29, 0.717) is 0 Å². The second-order valence-electron chi connectivity index (χ2n) is 3.57. The van der Waals surface area contributed by atoms with E-state index >= 15 is 0 Å². The minimum atomic E-state index is 0. The zero-order valence-electron chi connectivity index (χ0n) is 9.01. The molecule has 1 aromatic rings. The summed E-state index contributed by atoms with van der Waals surface area (Å²) in [6.45, 7) is 2.27. The molecule has 0 N–H and O–H groups in total. The first-order valence-corrected chi connectivity index (χ1v) is 6.08. The van der Waals surface area contributed by atoms with Gasteiger partial charge in [0.1, 0.15) is 0 Å². The van der Waals surface area contributed by atoms with Crippen LogP contribution in [0.5, 0.6) is 0 Å². The van der Waals surface area contributed by atoms with Crippen LogP contribution in [0.15, 0.2) is 27.5 Å². The molecule has 2 rings (SSSR count). The van der Waals surface area contributed by atoms with E-state index in [4.69, 9.17) is 0 Å². The minimum Gasteiger partial charge on any atom is -1.00 e. The van der Waals surface area contributed by atoms with E-state index < -0.39 is 0 Å². The molecule has 0 amide bonds. The Hall–Kier alpha value is -0.367. The van der Waals surface area contributed by atoms with Crippen molar-refractivity contribution in [1.82, 2.24) is 0 Å². The Labute approximate surface area is 109 Å². The van der Waals surface area contributed by atoms with E-state index in [9.17, 15) is 0 Å². The Morgan fingerprint density at radius 3 is 2.38 bits per heavy atom. The summed E-state index contributed by atoms with van der Waals surface area (Å²) >= 11 is 1.58. The van der Waals surface area contributed by atoms with Crippen molar-refractivity contribution in [1.29, 1.82) is 0 Å². The first-order valence-electron chi connectivity index (χ1n) is 4.85. The topological polar surface area (TPSA) is 0 Å². The minimum absolute atomic E-state index is 0. The maximum Gasteiger partial charge on any atom is -1.00 e. The molecule has 1 atom stereocenters. The van der Waals surface area contributed by atoms with E-state index in [2.05, 4.69) is 37.3 Å². The molecule has 16 heavy (non-hydrogen) atoms. The fraction of sp³-hybridized carbons (Fsp3) is 0.333. The van der Waals surface area contributed by atoms with Crippen LogP contribution in [0.25, 0.3) is 6.08 Å². The van der Waals surface area contributed by atoms with Crippen LogP contribution in [-0.4, -0.2) is 0 Å². The van der Waals surface area contributed by atoms with Gasteiger partial charge in [0.2, 0.25) is 0 Å². The fourth-order valence-corrected chi connectivity index (χ4v) is 3.11. The Morgan fingerprint density at radius 2 is 1.75 bits per heavy atom. The molecule has 1 aromatic carbocycles. The maximum atomic E-state index is 2.37. The monoisotopic (exact) mass is 304 g/mol. The number of allylic oxidation sites excluding steroid dienone is 1. The van der Waals surface area contributed by atoms with Crippen LogP contribution in [0.1, 0.15) is 36.8 Å². The van der Waals surface area contributed by atoms with Crippen LogP contribution < -0.4 is 14.1 Å². The smallest absolute Gasteiger partial charge is 1.00 e. The van der Waals surface area contributed by atoms with Gasteiger partial charge >= 0.3 is 95.2 Å². The Balaban J connectivity index is 0. The summed E-state index contributed by atoms with van der Waals surface area (Å²) in [7, 11) is 0. The predicted octanol–water partition coefficient (Wildman–Crippen LogP) is -5.52. The summed E-state index contributed by atoms with van der Waals surface area (Å²) in [5.41, 5.74) is 3.00. The van der Waals surface area contributed by atoms with Gasteiger partial charge in [0.05, 0.1) is 0 Å². The van der Waals surface area contributed by atoms with Crippen molar-refractivity contribution in [2.75, 3.05) is 0 Å². The predicted molar refractivity (Wildman–Crippen MR) is 52.1 cm³/mol. The molecule has 86 valence electrons. The summed E-state index contributed by atoms with van der Waals surface area (Å²) in [5.74, 6) is 0.736. The molecule has 0 aromatic heterocycles. The number of halogens is 3. The van der Waals surface area contributed by atoms with Crippen molar-refractivity contribution in [2.45, 2.75) is 25.7 Å². The summed E-state index contributed by atoms with van der Waals surface area (Å²) in [6, 6.07) is 8.80. The van der Waals surface area contributed by atoms with Crippen LogP contribution in [0, 0.1) is 0 Å². The summed E-state index contributed by atoms with van der Waals surface area (Å²) in [5, 5.41) is 0. The number of benzene rings is 1. The van der Waals surface area contributed by atoms with Crippen LogP contribution in [0.4, 0.5) is 0 Å². The number of hydrogen-bond donors (Lipinski definition) is 0. The van der Waals surface area contributed by atoms with Crippen LogP contribution in [0.2, 0.25) is 0 Å². The van der Waals surface area contributed by atoms with Gasteiger partial charge in [-0.15, -0.1) is 0 Å². The average molecular weight is 305 g/mol. The van der Waals surface area contributed by atoms with Gasteiger partial charge in [-0.2, -0.15) is 0 Å². The molecule has 1 aliphatic carbocycles. The zero-order valence-corrected chi connectivity index (χ0v) is 11.5. The van der Waals surface area contributed by atoms with Crippen LogP contribution >= 0.6 is 0 Å². The molecule has 0 aliphatic heterocycles. The molecule has 0 radical (unpaired) electrons. The molecule has 0 fully saturated rings. The second kappa shape index (κ2) is 7.83. The Morgan fingerprint density at radius 1 is 1.12 bits per heavy atom. The molecular weight excluding hydrogens is 292 g/mol. The van der Waals surface area contributed by atoms with Gasteiger partial charge in [-0.3, -0.25) is 0 Å². The van der Waals surface area contributed by atoms with Gasteiger partial charge < -0.3 is 14.1 Å². The molecule has 0 saturated heterocycles. The Bertz CT molecular complexity index is 350. The molecular formula is C12H13F3Zr. The van der Waals surface area contributed by atoms with Crippen molar-refractivity contribution in [2.24, 2.45) is 0 Å².